The normalized spacial score (nSPS) is 14.4. The van der Waals surface area contributed by atoms with Crippen molar-refractivity contribution in [1.29, 1.82) is 0 Å². The van der Waals surface area contributed by atoms with E-state index >= 15 is 0 Å². The molecule has 1 aromatic heterocycles. The third kappa shape index (κ3) is 2.76. The number of aromatic nitrogens is 2. The summed E-state index contributed by atoms with van der Waals surface area (Å²) in [7, 11) is 0. The number of aromatic carboxylic acids is 1. The van der Waals surface area contributed by atoms with Gasteiger partial charge in [-0.25, -0.2) is 4.79 Å². The van der Waals surface area contributed by atoms with Gasteiger partial charge in [0.1, 0.15) is 17.1 Å². The highest BCUT2D eigenvalue weighted by Crippen LogP contribution is 2.40. The predicted molar refractivity (Wildman–Crippen MR) is 73.1 cm³/mol. The molecule has 1 fully saturated rings. The topological polar surface area (TPSA) is 72.3 Å². The second kappa shape index (κ2) is 4.90. The number of hydrogen-bond acceptors (Lipinski definition) is 5. The Bertz CT molecular complexity index is 640. The third-order valence-corrected chi connectivity index (χ3v) is 3.84. The van der Waals surface area contributed by atoms with E-state index in [1.165, 1.54) is 6.07 Å². The number of carboxylic acid groups (broad SMARTS) is 1. The molecule has 2 aromatic rings. The number of halogens is 1. The largest absolute Gasteiger partial charge is 0.478 e. The summed E-state index contributed by atoms with van der Waals surface area (Å²) >= 11 is 4.44. The van der Waals surface area contributed by atoms with Crippen molar-refractivity contribution < 1.29 is 14.6 Å². The number of nitrogens with zero attached hydrogens (tertiary/aromatic N) is 2. The predicted octanol–water partition coefficient (Wildman–Crippen LogP) is 3.67. The highest BCUT2D eigenvalue weighted by molar-refractivity contribution is 9.10. The van der Waals surface area contributed by atoms with Crippen LogP contribution in [0.2, 0.25) is 0 Å². The Balaban J connectivity index is 1.88. The van der Waals surface area contributed by atoms with Crippen molar-refractivity contribution in [3.8, 4) is 10.9 Å². The van der Waals surface area contributed by atoms with E-state index in [0.29, 0.717) is 11.1 Å². The van der Waals surface area contributed by atoms with Gasteiger partial charge in [0, 0.05) is 21.9 Å². The van der Waals surface area contributed by atoms with Gasteiger partial charge in [0.15, 0.2) is 0 Å². The van der Waals surface area contributed by atoms with Crippen molar-refractivity contribution in [3.05, 3.63) is 34.1 Å². The number of hydrogen-bond donors (Lipinski definition) is 1. The molecular weight excluding hydrogens is 332 g/mol. The van der Waals surface area contributed by atoms with Gasteiger partial charge >= 0.3 is 5.97 Å². The van der Waals surface area contributed by atoms with Gasteiger partial charge in [-0.2, -0.15) is 9.36 Å². The van der Waals surface area contributed by atoms with Gasteiger partial charge < -0.3 is 9.84 Å². The summed E-state index contributed by atoms with van der Waals surface area (Å²) in [4.78, 5) is 15.4. The highest BCUT2D eigenvalue weighted by Gasteiger charge is 2.28. The van der Waals surface area contributed by atoms with Crippen LogP contribution in [-0.2, 0) is 0 Å². The van der Waals surface area contributed by atoms with E-state index in [2.05, 4.69) is 25.3 Å². The summed E-state index contributed by atoms with van der Waals surface area (Å²) in [6.45, 7) is 0. The van der Waals surface area contributed by atoms with Crippen molar-refractivity contribution in [1.82, 2.24) is 9.36 Å². The monoisotopic (exact) mass is 340 g/mol. The lowest BCUT2D eigenvalue weighted by Gasteiger charge is -2.05. The Morgan fingerprint density at radius 1 is 1.47 bits per heavy atom. The van der Waals surface area contributed by atoms with Crippen LogP contribution in [0.5, 0.6) is 10.9 Å². The first-order valence-electron chi connectivity index (χ1n) is 5.68. The van der Waals surface area contributed by atoms with Crippen LogP contribution < -0.4 is 4.74 Å². The molecule has 0 atom stereocenters. The Morgan fingerprint density at radius 3 is 2.95 bits per heavy atom. The van der Waals surface area contributed by atoms with Crippen molar-refractivity contribution in [2.45, 2.75) is 18.8 Å². The molecule has 0 unspecified atom stereocenters. The lowest BCUT2D eigenvalue weighted by atomic mass is 10.2. The van der Waals surface area contributed by atoms with Gasteiger partial charge in [0.25, 0.3) is 5.19 Å². The summed E-state index contributed by atoms with van der Waals surface area (Å²) in [5.74, 6) is 0.483. The molecule has 5 nitrogen and oxygen atoms in total. The van der Waals surface area contributed by atoms with E-state index in [-0.39, 0.29) is 11.3 Å². The van der Waals surface area contributed by atoms with Gasteiger partial charge in [-0.15, -0.1) is 0 Å². The van der Waals surface area contributed by atoms with E-state index in [0.717, 1.165) is 34.7 Å². The van der Waals surface area contributed by atoms with Crippen LogP contribution in [0.3, 0.4) is 0 Å². The van der Waals surface area contributed by atoms with E-state index in [4.69, 9.17) is 9.84 Å². The van der Waals surface area contributed by atoms with Crippen LogP contribution in [0.1, 0.15) is 34.9 Å². The molecule has 98 valence electrons. The second-order valence-corrected chi connectivity index (χ2v) is 5.87. The first kappa shape index (κ1) is 12.6. The maximum absolute atomic E-state index is 11.1. The minimum Gasteiger partial charge on any atom is -0.478 e. The Kier molecular flexibility index (Phi) is 3.24. The molecule has 0 amide bonds. The second-order valence-electron chi connectivity index (χ2n) is 4.24. The molecule has 0 saturated heterocycles. The molecular formula is C12H9BrN2O3S. The summed E-state index contributed by atoms with van der Waals surface area (Å²) < 4.78 is 10.5. The molecule has 1 aromatic carbocycles. The molecule has 7 heteroatoms. The number of benzene rings is 1. The van der Waals surface area contributed by atoms with Crippen LogP contribution in [0.25, 0.3) is 0 Å². The van der Waals surface area contributed by atoms with Gasteiger partial charge in [-0.05, 0) is 31.0 Å². The van der Waals surface area contributed by atoms with E-state index in [9.17, 15) is 4.79 Å². The smallest absolute Gasteiger partial charge is 0.339 e. The van der Waals surface area contributed by atoms with Crippen LogP contribution in [0, 0.1) is 0 Å². The Morgan fingerprint density at radius 2 is 2.26 bits per heavy atom. The zero-order chi connectivity index (χ0) is 13.4. The molecule has 1 aliphatic rings. The van der Waals surface area contributed by atoms with Crippen LogP contribution in [-0.4, -0.2) is 20.4 Å². The number of ether oxygens (including phenoxy) is 1. The van der Waals surface area contributed by atoms with Gasteiger partial charge in [0.05, 0.1) is 0 Å². The molecule has 19 heavy (non-hydrogen) atoms. The number of carbonyl (C=O) groups is 1. The molecule has 1 heterocycles. The first-order chi connectivity index (χ1) is 9.13. The van der Waals surface area contributed by atoms with Crippen LogP contribution in [0.4, 0.5) is 0 Å². The Hall–Kier alpha value is -1.47. The number of carboxylic acids is 1. The van der Waals surface area contributed by atoms with Crippen LogP contribution in [0.15, 0.2) is 22.7 Å². The zero-order valence-electron chi connectivity index (χ0n) is 9.67. The fourth-order valence-corrected chi connectivity index (χ4v) is 2.58. The van der Waals surface area contributed by atoms with Gasteiger partial charge in [-0.3, -0.25) is 0 Å². The average Bonchev–Trinajstić information content (AvgIpc) is 3.10. The standard InChI is InChI=1S/C12H9BrN2O3S/c13-7-3-4-8(11(16)17)9(5-7)18-12-14-10(15-19-12)6-1-2-6/h3-6H,1-2H2,(H,16,17). The van der Waals surface area contributed by atoms with Crippen LogP contribution >= 0.6 is 27.5 Å². The summed E-state index contributed by atoms with van der Waals surface area (Å²) in [6, 6.07) is 4.76. The Labute approximate surface area is 121 Å². The molecule has 0 radical (unpaired) electrons. The third-order valence-electron chi connectivity index (χ3n) is 2.74. The lowest BCUT2D eigenvalue weighted by molar-refractivity contribution is 0.0694. The fourth-order valence-electron chi connectivity index (χ4n) is 1.62. The number of rotatable bonds is 4. The maximum Gasteiger partial charge on any atom is 0.339 e. The van der Waals surface area contributed by atoms with Crippen molar-refractivity contribution >= 4 is 33.4 Å². The molecule has 0 bridgehead atoms. The van der Waals surface area contributed by atoms with Gasteiger partial charge in [-0.1, -0.05) is 15.9 Å². The zero-order valence-corrected chi connectivity index (χ0v) is 12.1. The van der Waals surface area contributed by atoms with Gasteiger partial charge in [0.2, 0.25) is 0 Å². The summed E-state index contributed by atoms with van der Waals surface area (Å²) in [5.41, 5.74) is 0.103. The van der Waals surface area contributed by atoms with E-state index in [1.807, 2.05) is 0 Å². The fraction of sp³-hybridized carbons (Fsp3) is 0.250. The maximum atomic E-state index is 11.1. The lowest BCUT2D eigenvalue weighted by Crippen LogP contribution is -1.99. The average molecular weight is 341 g/mol. The minimum atomic E-state index is -1.03. The van der Waals surface area contributed by atoms with Crippen molar-refractivity contribution in [2.24, 2.45) is 0 Å². The molecule has 3 rings (SSSR count). The van der Waals surface area contributed by atoms with E-state index in [1.54, 1.807) is 12.1 Å². The summed E-state index contributed by atoms with van der Waals surface area (Å²) in [5, 5.41) is 9.49. The highest BCUT2D eigenvalue weighted by atomic mass is 79.9. The first-order valence-corrected chi connectivity index (χ1v) is 7.24. The molecule has 1 aliphatic carbocycles. The minimum absolute atomic E-state index is 0.103. The SMILES string of the molecule is O=C(O)c1ccc(Br)cc1Oc1nc(C2CC2)ns1. The summed E-state index contributed by atoms with van der Waals surface area (Å²) in [6.07, 6.45) is 2.24. The van der Waals surface area contributed by atoms with Crippen molar-refractivity contribution in [2.75, 3.05) is 0 Å². The van der Waals surface area contributed by atoms with Crippen molar-refractivity contribution in [3.63, 3.8) is 0 Å². The molecule has 1 N–H and O–H groups in total. The quantitative estimate of drug-likeness (QED) is 0.919. The molecule has 0 spiro atoms. The molecule has 1 saturated carbocycles. The molecule has 0 aliphatic heterocycles. The van der Waals surface area contributed by atoms with E-state index < -0.39 is 5.97 Å².